The fraction of sp³-hybridized carbons (Fsp3) is 0.706. The molecule has 1 aromatic rings. The molecule has 2 fully saturated rings. The molecule has 0 amide bonds. The van der Waals surface area contributed by atoms with E-state index < -0.39 is 0 Å². The first-order valence-electron chi connectivity index (χ1n) is 8.28. The maximum atomic E-state index is 4.91. The van der Waals surface area contributed by atoms with E-state index in [4.69, 9.17) is 4.99 Å². The summed E-state index contributed by atoms with van der Waals surface area (Å²) >= 11 is 1.77. The zero-order valence-electron chi connectivity index (χ0n) is 13.3. The summed E-state index contributed by atoms with van der Waals surface area (Å²) in [6.07, 6.45) is 5.64. The van der Waals surface area contributed by atoms with E-state index in [-0.39, 0.29) is 0 Å². The highest BCUT2D eigenvalue weighted by Crippen LogP contribution is 2.47. The molecule has 1 N–H and O–H groups in total. The van der Waals surface area contributed by atoms with Crippen LogP contribution < -0.4 is 5.32 Å². The molecule has 1 atom stereocenters. The fourth-order valence-electron chi connectivity index (χ4n) is 3.51. The lowest BCUT2D eigenvalue weighted by molar-refractivity contribution is 0.151. The van der Waals surface area contributed by atoms with Crippen molar-refractivity contribution in [1.82, 2.24) is 10.2 Å². The molecule has 3 rings (SSSR count). The van der Waals surface area contributed by atoms with E-state index in [1.807, 2.05) is 0 Å². The molecule has 1 saturated carbocycles. The summed E-state index contributed by atoms with van der Waals surface area (Å²) in [5, 5.41) is 7.89. The van der Waals surface area contributed by atoms with Crippen molar-refractivity contribution in [3.63, 3.8) is 0 Å². The number of hydrogen-bond donors (Lipinski definition) is 1. The van der Waals surface area contributed by atoms with Crippen LogP contribution in [-0.4, -0.2) is 37.0 Å². The van der Waals surface area contributed by atoms with Gasteiger partial charge in [0.2, 0.25) is 0 Å². The number of nitrogens with one attached hydrogen (secondary N) is 1. The van der Waals surface area contributed by atoms with Gasteiger partial charge in [0.05, 0.1) is 0 Å². The molecule has 1 aromatic heterocycles. The number of thiophene rings is 1. The smallest absolute Gasteiger partial charge is 0.193 e. The van der Waals surface area contributed by atoms with E-state index in [9.17, 15) is 0 Å². The number of hydrogen-bond acceptors (Lipinski definition) is 2. The van der Waals surface area contributed by atoms with Crippen LogP contribution in [0.2, 0.25) is 0 Å². The Kier molecular flexibility index (Phi) is 4.53. The average molecular weight is 305 g/mol. The second kappa shape index (κ2) is 6.39. The van der Waals surface area contributed by atoms with E-state index >= 15 is 0 Å². The predicted molar refractivity (Wildman–Crippen MR) is 91.2 cm³/mol. The Balaban J connectivity index is 1.62. The third-order valence-corrected chi connectivity index (χ3v) is 5.82. The van der Waals surface area contributed by atoms with Gasteiger partial charge in [-0.25, -0.2) is 0 Å². The molecule has 1 aliphatic carbocycles. The Labute approximate surface area is 132 Å². The molecule has 2 heterocycles. The Morgan fingerprint density at radius 1 is 1.48 bits per heavy atom. The topological polar surface area (TPSA) is 27.6 Å². The third-order valence-electron chi connectivity index (χ3n) is 5.11. The van der Waals surface area contributed by atoms with Crippen molar-refractivity contribution in [2.75, 3.05) is 26.2 Å². The standard InChI is InChI=1S/C17H27N3S/c1-3-18-16(19-11-14(2)15-5-10-21-12-15)20-9-8-17(13-20)6-4-7-17/h5,10,12,14H,3-4,6-9,11,13H2,1-2H3,(H,18,19). The summed E-state index contributed by atoms with van der Waals surface area (Å²) < 4.78 is 0. The van der Waals surface area contributed by atoms with Gasteiger partial charge >= 0.3 is 0 Å². The summed E-state index contributed by atoms with van der Waals surface area (Å²) in [5.41, 5.74) is 2.05. The first kappa shape index (κ1) is 14.9. The Bertz CT molecular complexity index is 476. The van der Waals surface area contributed by atoms with Crippen LogP contribution in [0, 0.1) is 5.41 Å². The van der Waals surface area contributed by atoms with Gasteiger partial charge in [0, 0.05) is 32.1 Å². The van der Waals surface area contributed by atoms with Crippen LogP contribution in [0.1, 0.15) is 51.0 Å². The molecule has 1 spiro atoms. The van der Waals surface area contributed by atoms with Crippen LogP contribution in [0.5, 0.6) is 0 Å². The molecule has 116 valence electrons. The van der Waals surface area contributed by atoms with Crippen LogP contribution in [0.4, 0.5) is 0 Å². The lowest BCUT2D eigenvalue weighted by Gasteiger charge is -2.38. The van der Waals surface area contributed by atoms with Crippen molar-refractivity contribution in [3.8, 4) is 0 Å². The summed E-state index contributed by atoms with van der Waals surface area (Å²) in [7, 11) is 0. The van der Waals surface area contributed by atoms with Crippen molar-refractivity contribution in [2.45, 2.75) is 45.4 Å². The van der Waals surface area contributed by atoms with Gasteiger partial charge in [0.15, 0.2) is 5.96 Å². The van der Waals surface area contributed by atoms with E-state index in [1.165, 1.54) is 44.3 Å². The molecule has 0 aromatic carbocycles. The number of likely N-dealkylation sites (tertiary alicyclic amines) is 1. The average Bonchev–Trinajstić information content (AvgIpc) is 3.10. The molecule has 0 radical (unpaired) electrons. The van der Waals surface area contributed by atoms with Crippen LogP contribution >= 0.6 is 11.3 Å². The highest BCUT2D eigenvalue weighted by molar-refractivity contribution is 7.07. The Morgan fingerprint density at radius 3 is 2.90 bits per heavy atom. The monoisotopic (exact) mass is 305 g/mol. The second-order valence-electron chi connectivity index (χ2n) is 6.68. The summed E-state index contributed by atoms with van der Waals surface area (Å²) in [6.45, 7) is 8.65. The van der Waals surface area contributed by atoms with E-state index in [0.717, 1.165) is 19.0 Å². The van der Waals surface area contributed by atoms with Gasteiger partial charge in [0.25, 0.3) is 0 Å². The predicted octanol–water partition coefficient (Wildman–Crippen LogP) is 3.69. The quantitative estimate of drug-likeness (QED) is 0.678. The highest BCUT2D eigenvalue weighted by atomic mass is 32.1. The molecule has 1 saturated heterocycles. The minimum atomic E-state index is 0.505. The Morgan fingerprint density at radius 2 is 2.33 bits per heavy atom. The van der Waals surface area contributed by atoms with Crippen LogP contribution in [0.3, 0.4) is 0 Å². The summed E-state index contributed by atoms with van der Waals surface area (Å²) in [4.78, 5) is 7.40. The van der Waals surface area contributed by atoms with E-state index in [0.29, 0.717) is 11.3 Å². The zero-order valence-corrected chi connectivity index (χ0v) is 14.1. The molecular weight excluding hydrogens is 278 g/mol. The van der Waals surface area contributed by atoms with Crippen molar-refractivity contribution in [3.05, 3.63) is 22.4 Å². The number of aliphatic imine (C=N–C) groups is 1. The highest BCUT2D eigenvalue weighted by Gasteiger charge is 2.43. The van der Waals surface area contributed by atoms with Gasteiger partial charge in [-0.1, -0.05) is 13.3 Å². The third kappa shape index (κ3) is 3.25. The van der Waals surface area contributed by atoms with Gasteiger partial charge in [-0.2, -0.15) is 11.3 Å². The van der Waals surface area contributed by atoms with Crippen LogP contribution in [-0.2, 0) is 0 Å². The van der Waals surface area contributed by atoms with Crippen molar-refractivity contribution in [2.24, 2.45) is 10.4 Å². The van der Waals surface area contributed by atoms with Crippen LogP contribution in [0.15, 0.2) is 21.8 Å². The van der Waals surface area contributed by atoms with Gasteiger partial charge in [0.1, 0.15) is 0 Å². The molecular formula is C17H27N3S. The molecule has 1 unspecified atom stereocenters. The zero-order chi connectivity index (χ0) is 14.7. The molecule has 1 aliphatic heterocycles. The van der Waals surface area contributed by atoms with Gasteiger partial charge in [-0.3, -0.25) is 4.99 Å². The molecule has 21 heavy (non-hydrogen) atoms. The van der Waals surface area contributed by atoms with Crippen molar-refractivity contribution in [1.29, 1.82) is 0 Å². The number of nitrogens with zero attached hydrogens (tertiary/aromatic N) is 2. The lowest BCUT2D eigenvalue weighted by atomic mass is 9.68. The van der Waals surface area contributed by atoms with Crippen molar-refractivity contribution < 1.29 is 0 Å². The summed E-state index contributed by atoms with van der Waals surface area (Å²) in [5.74, 6) is 1.63. The fourth-order valence-corrected chi connectivity index (χ4v) is 4.29. The first-order valence-corrected chi connectivity index (χ1v) is 9.22. The minimum Gasteiger partial charge on any atom is -0.357 e. The first-order chi connectivity index (χ1) is 10.2. The molecule has 4 heteroatoms. The normalized spacial score (nSPS) is 22.4. The minimum absolute atomic E-state index is 0.505. The SMILES string of the molecule is CCNC(=NCC(C)c1ccsc1)N1CCC2(CCC2)C1. The maximum Gasteiger partial charge on any atom is 0.193 e. The largest absolute Gasteiger partial charge is 0.357 e. The van der Waals surface area contributed by atoms with Gasteiger partial charge in [-0.15, -0.1) is 0 Å². The van der Waals surface area contributed by atoms with E-state index in [1.54, 1.807) is 11.3 Å². The van der Waals surface area contributed by atoms with Crippen molar-refractivity contribution >= 4 is 17.3 Å². The molecule has 3 nitrogen and oxygen atoms in total. The molecule has 2 aliphatic rings. The number of guanidine groups is 1. The number of rotatable bonds is 4. The van der Waals surface area contributed by atoms with Gasteiger partial charge in [-0.05, 0) is 54.0 Å². The second-order valence-corrected chi connectivity index (χ2v) is 7.46. The lowest BCUT2D eigenvalue weighted by Crippen LogP contribution is -2.42. The molecule has 0 bridgehead atoms. The Hall–Kier alpha value is -1.03. The summed E-state index contributed by atoms with van der Waals surface area (Å²) in [6, 6.07) is 2.22. The van der Waals surface area contributed by atoms with Gasteiger partial charge < -0.3 is 10.2 Å². The van der Waals surface area contributed by atoms with Crippen LogP contribution in [0.25, 0.3) is 0 Å². The van der Waals surface area contributed by atoms with E-state index in [2.05, 4.69) is 40.9 Å². The maximum absolute atomic E-state index is 4.91.